The highest BCUT2D eigenvalue weighted by Gasteiger charge is 2.36. The molecule has 0 aliphatic heterocycles. The summed E-state index contributed by atoms with van der Waals surface area (Å²) in [5, 5.41) is 6.89. The fourth-order valence-corrected chi connectivity index (χ4v) is 3.67. The molecule has 1 fully saturated rings. The molecule has 124 valence electrons. The Morgan fingerprint density at radius 1 is 1.36 bits per heavy atom. The minimum atomic E-state index is 0.408. The van der Waals surface area contributed by atoms with E-state index in [0.717, 1.165) is 38.6 Å². The highest BCUT2D eigenvalue weighted by molar-refractivity contribution is 7.11. The molecule has 1 saturated carbocycles. The molecule has 1 aromatic rings. The van der Waals surface area contributed by atoms with Gasteiger partial charge < -0.3 is 15.4 Å². The van der Waals surface area contributed by atoms with Gasteiger partial charge in [0.05, 0.1) is 6.54 Å². The number of aryl methyl sites for hydroxylation is 1. The summed E-state index contributed by atoms with van der Waals surface area (Å²) in [6.07, 6.45) is 5.08. The molecule has 0 saturated heterocycles. The summed E-state index contributed by atoms with van der Waals surface area (Å²) in [4.78, 5) is 7.37. The molecular formula is C17H29N3OS. The van der Waals surface area contributed by atoms with E-state index in [2.05, 4.69) is 36.6 Å². The van der Waals surface area contributed by atoms with E-state index in [0.29, 0.717) is 5.41 Å². The van der Waals surface area contributed by atoms with Crippen LogP contribution in [0.25, 0.3) is 0 Å². The second kappa shape index (κ2) is 8.53. The molecule has 5 heteroatoms. The van der Waals surface area contributed by atoms with Crippen LogP contribution < -0.4 is 10.6 Å². The number of hydrogen-bond donors (Lipinski definition) is 2. The maximum absolute atomic E-state index is 5.26. The van der Waals surface area contributed by atoms with Gasteiger partial charge in [-0.15, -0.1) is 11.3 Å². The lowest BCUT2D eigenvalue weighted by Crippen LogP contribution is -2.46. The smallest absolute Gasteiger partial charge is 0.191 e. The van der Waals surface area contributed by atoms with Crippen molar-refractivity contribution in [2.45, 2.75) is 46.1 Å². The van der Waals surface area contributed by atoms with E-state index >= 15 is 0 Å². The van der Waals surface area contributed by atoms with E-state index in [9.17, 15) is 0 Å². The Labute approximate surface area is 138 Å². The lowest BCUT2D eigenvalue weighted by Gasteiger charge is -2.42. The van der Waals surface area contributed by atoms with Crippen LogP contribution >= 0.6 is 11.3 Å². The summed E-state index contributed by atoms with van der Waals surface area (Å²) in [5.74, 6) is 0.928. The summed E-state index contributed by atoms with van der Waals surface area (Å²) in [6, 6.07) is 4.32. The zero-order chi connectivity index (χ0) is 15.8. The van der Waals surface area contributed by atoms with Crippen LogP contribution in [-0.2, 0) is 11.3 Å². The SMILES string of the molecule is CCNC(=NCc1ccc(C)s1)NCC1(CCOC)CCC1. The summed E-state index contributed by atoms with van der Waals surface area (Å²) >= 11 is 1.82. The van der Waals surface area contributed by atoms with Gasteiger partial charge in [-0.05, 0) is 50.7 Å². The summed E-state index contributed by atoms with van der Waals surface area (Å²) < 4.78 is 5.26. The highest BCUT2D eigenvalue weighted by Crippen LogP contribution is 2.43. The van der Waals surface area contributed by atoms with Crippen molar-refractivity contribution in [3.63, 3.8) is 0 Å². The predicted molar refractivity (Wildman–Crippen MR) is 94.7 cm³/mol. The van der Waals surface area contributed by atoms with Crippen molar-refractivity contribution in [2.75, 3.05) is 26.8 Å². The molecule has 0 bridgehead atoms. The van der Waals surface area contributed by atoms with Crippen LogP contribution in [-0.4, -0.2) is 32.8 Å². The lowest BCUT2D eigenvalue weighted by atomic mass is 9.67. The van der Waals surface area contributed by atoms with Crippen molar-refractivity contribution in [3.8, 4) is 0 Å². The molecule has 0 radical (unpaired) electrons. The van der Waals surface area contributed by atoms with E-state index < -0.39 is 0 Å². The van der Waals surface area contributed by atoms with Crippen LogP contribution in [0.3, 0.4) is 0 Å². The van der Waals surface area contributed by atoms with Crippen LogP contribution in [0.15, 0.2) is 17.1 Å². The zero-order valence-corrected chi connectivity index (χ0v) is 14.9. The van der Waals surface area contributed by atoms with E-state index in [4.69, 9.17) is 9.73 Å². The molecule has 4 nitrogen and oxygen atoms in total. The topological polar surface area (TPSA) is 45.7 Å². The molecule has 1 aromatic heterocycles. The average Bonchev–Trinajstić information content (AvgIpc) is 2.88. The quantitative estimate of drug-likeness (QED) is 0.570. The lowest BCUT2D eigenvalue weighted by molar-refractivity contribution is 0.0732. The Morgan fingerprint density at radius 3 is 2.73 bits per heavy atom. The van der Waals surface area contributed by atoms with E-state index in [1.54, 1.807) is 7.11 Å². The normalized spacial score (nSPS) is 17.1. The molecule has 22 heavy (non-hydrogen) atoms. The molecule has 1 heterocycles. The first-order valence-electron chi connectivity index (χ1n) is 8.24. The fraction of sp³-hybridized carbons (Fsp3) is 0.706. The standard InChI is InChI=1S/C17H29N3OS/c1-4-18-16(19-12-15-7-6-14(2)22-15)20-13-17(8-5-9-17)10-11-21-3/h6-7H,4-5,8-13H2,1-3H3,(H2,18,19,20). The number of thiophene rings is 1. The van der Waals surface area contributed by atoms with E-state index in [1.165, 1.54) is 29.0 Å². The molecule has 0 atom stereocenters. The molecule has 0 aromatic carbocycles. The molecule has 0 spiro atoms. The van der Waals surface area contributed by atoms with E-state index in [1.807, 2.05) is 11.3 Å². The van der Waals surface area contributed by atoms with Gasteiger partial charge in [-0.25, -0.2) is 4.99 Å². The third kappa shape index (κ3) is 4.99. The maximum atomic E-state index is 5.26. The van der Waals surface area contributed by atoms with Gasteiger partial charge in [0.15, 0.2) is 5.96 Å². The number of hydrogen-bond acceptors (Lipinski definition) is 3. The van der Waals surface area contributed by atoms with Crippen LogP contribution in [0.4, 0.5) is 0 Å². The van der Waals surface area contributed by atoms with Gasteiger partial charge in [0.2, 0.25) is 0 Å². The molecule has 0 unspecified atom stereocenters. The number of nitrogens with one attached hydrogen (secondary N) is 2. The molecular weight excluding hydrogens is 294 g/mol. The van der Waals surface area contributed by atoms with Crippen LogP contribution in [0.1, 0.15) is 42.4 Å². The van der Waals surface area contributed by atoms with Gasteiger partial charge in [0, 0.05) is 36.6 Å². The first-order valence-corrected chi connectivity index (χ1v) is 9.05. The first kappa shape index (κ1) is 17.3. The van der Waals surface area contributed by atoms with Crippen molar-refractivity contribution in [1.29, 1.82) is 0 Å². The Kier molecular flexibility index (Phi) is 6.70. The number of nitrogens with zero attached hydrogens (tertiary/aromatic N) is 1. The number of rotatable bonds is 8. The predicted octanol–water partition coefficient (Wildman–Crippen LogP) is 3.32. The molecule has 2 rings (SSSR count). The van der Waals surface area contributed by atoms with Gasteiger partial charge in [0.1, 0.15) is 0 Å². The molecule has 1 aliphatic carbocycles. The Morgan fingerprint density at radius 2 is 2.18 bits per heavy atom. The van der Waals surface area contributed by atoms with E-state index in [-0.39, 0.29) is 0 Å². The monoisotopic (exact) mass is 323 g/mol. The summed E-state index contributed by atoms with van der Waals surface area (Å²) in [6.45, 7) is 7.72. The van der Waals surface area contributed by atoms with Crippen LogP contribution in [0.5, 0.6) is 0 Å². The van der Waals surface area contributed by atoms with Crippen molar-refractivity contribution in [2.24, 2.45) is 10.4 Å². The minimum absolute atomic E-state index is 0.408. The first-order chi connectivity index (χ1) is 10.7. The van der Waals surface area contributed by atoms with Crippen LogP contribution in [0, 0.1) is 12.3 Å². The third-order valence-electron chi connectivity index (χ3n) is 4.41. The fourth-order valence-electron chi connectivity index (χ4n) is 2.85. The summed E-state index contributed by atoms with van der Waals surface area (Å²) in [7, 11) is 1.79. The van der Waals surface area contributed by atoms with Crippen LogP contribution in [0.2, 0.25) is 0 Å². The van der Waals surface area contributed by atoms with Crippen molar-refractivity contribution in [1.82, 2.24) is 10.6 Å². The van der Waals surface area contributed by atoms with Gasteiger partial charge in [-0.1, -0.05) is 6.42 Å². The Balaban J connectivity index is 1.87. The Hall–Kier alpha value is -1.07. The Bertz CT molecular complexity index is 480. The zero-order valence-electron chi connectivity index (χ0n) is 14.1. The number of aliphatic imine (C=N–C) groups is 1. The van der Waals surface area contributed by atoms with Crippen molar-refractivity contribution in [3.05, 3.63) is 21.9 Å². The number of ether oxygens (including phenoxy) is 1. The number of methoxy groups -OCH3 is 1. The second-order valence-corrected chi connectivity index (χ2v) is 7.53. The maximum Gasteiger partial charge on any atom is 0.191 e. The highest BCUT2D eigenvalue weighted by atomic mass is 32.1. The molecule has 2 N–H and O–H groups in total. The summed E-state index contributed by atoms with van der Waals surface area (Å²) in [5.41, 5.74) is 0.408. The molecule has 0 amide bonds. The van der Waals surface area contributed by atoms with Crippen molar-refractivity contribution >= 4 is 17.3 Å². The largest absolute Gasteiger partial charge is 0.385 e. The van der Waals surface area contributed by atoms with Gasteiger partial charge in [-0.2, -0.15) is 0 Å². The minimum Gasteiger partial charge on any atom is -0.385 e. The van der Waals surface area contributed by atoms with Gasteiger partial charge in [0.25, 0.3) is 0 Å². The average molecular weight is 324 g/mol. The van der Waals surface area contributed by atoms with Crippen molar-refractivity contribution < 1.29 is 4.74 Å². The van der Waals surface area contributed by atoms with Gasteiger partial charge in [-0.3, -0.25) is 0 Å². The third-order valence-corrected chi connectivity index (χ3v) is 5.40. The number of guanidine groups is 1. The molecule has 1 aliphatic rings. The second-order valence-electron chi connectivity index (χ2n) is 6.16. The van der Waals surface area contributed by atoms with Gasteiger partial charge >= 0.3 is 0 Å².